The zero-order chi connectivity index (χ0) is 29.9. The van der Waals surface area contributed by atoms with Gasteiger partial charge in [-0.3, -0.25) is 9.78 Å². The van der Waals surface area contributed by atoms with E-state index in [2.05, 4.69) is 10.2 Å². The van der Waals surface area contributed by atoms with E-state index in [1.165, 1.54) is 0 Å². The first-order valence-corrected chi connectivity index (χ1v) is 14.0. The van der Waals surface area contributed by atoms with Gasteiger partial charge in [0.05, 0.1) is 11.3 Å². The van der Waals surface area contributed by atoms with E-state index in [-0.39, 0.29) is 5.91 Å². The number of alkyl halides is 1. The first-order chi connectivity index (χ1) is 19.3. The van der Waals surface area contributed by atoms with E-state index in [4.69, 9.17) is 9.72 Å². The number of aryl methyl sites for hydroxylation is 2. The summed E-state index contributed by atoms with van der Waals surface area (Å²) in [5.41, 5.74) is 3.50. The van der Waals surface area contributed by atoms with Gasteiger partial charge in [0.25, 0.3) is 5.91 Å². The number of hydrogen-bond donors (Lipinski definition) is 2. The highest BCUT2D eigenvalue weighted by atomic mass is 19.1. The van der Waals surface area contributed by atoms with Crippen molar-refractivity contribution in [3.05, 3.63) is 82.7 Å². The molecule has 4 rings (SSSR count). The molecule has 3 aromatic rings. The van der Waals surface area contributed by atoms with Crippen LogP contribution < -0.4 is 10.2 Å². The molecular weight excluding hydrogens is 521 g/mol. The van der Waals surface area contributed by atoms with Crippen LogP contribution in [0.2, 0.25) is 0 Å². The minimum absolute atomic E-state index is 0.192. The number of pyridine rings is 1. The van der Waals surface area contributed by atoms with Gasteiger partial charge in [0.1, 0.15) is 5.67 Å². The van der Waals surface area contributed by atoms with Gasteiger partial charge < -0.3 is 20.1 Å². The standard InChI is InChI=1S/C33H40FN3O4/c1-21-26(24-12-14-25(15-13-24)30(38)35-20-23-10-8-7-9-11-23)28(37-18-16-33(6,34)17-19-37)27(22(2)36-21)29(31(39)40)41-32(3,4)5/h7-15,29H,16-20H2,1-6H3,(H,35,38)(H,39,40). The van der Waals surface area contributed by atoms with E-state index in [9.17, 15) is 19.1 Å². The Bertz CT molecular complexity index is 1390. The highest BCUT2D eigenvalue weighted by molar-refractivity contribution is 5.95. The van der Waals surface area contributed by atoms with Crippen molar-refractivity contribution in [2.45, 2.75) is 78.3 Å². The molecule has 218 valence electrons. The Hall–Kier alpha value is -3.78. The van der Waals surface area contributed by atoms with E-state index >= 15 is 0 Å². The number of rotatable bonds is 8. The van der Waals surface area contributed by atoms with Crippen LogP contribution in [0.4, 0.5) is 10.1 Å². The summed E-state index contributed by atoms with van der Waals surface area (Å²) in [6, 6.07) is 16.9. The van der Waals surface area contributed by atoms with Gasteiger partial charge in [0, 0.05) is 47.7 Å². The van der Waals surface area contributed by atoms with E-state index in [0.717, 1.165) is 22.4 Å². The largest absolute Gasteiger partial charge is 0.479 e. The summed E-state index contributed by atoms with van der Waals surface area (Å²) in [7, 11) is 0. The van der Waals surface area contributed by atoms with E-state index < -0.39 is 23.3 Å². The lowest BCUT2D eigenvalue weighted by Crippen LogP contribution is -2.41. The SMILES string of the molecule is Cc1nc(C)c(C(OC(C)(C)C)C(=O)O)c(N2CCC(C)(F)CC2)c1-c1ccc(C(=O)NCc2ccccc2)cc1. The summed E-state index contributed by atoms with van der Waals surface area (Å²) in [6.45, 7) is 12.0. The van der Waals surface area contributed by atoms with Crippen LogP contribution in [0, 0.1) is 13.8 Å². The summed E-state index contributed by atoms with van der Waals surface area (Å²) in [4.78, 5) is 32.3. The highest BCUT2D eigenvalue weighted by Gasteiger charge is 2.37. The number of carbonyl (C=O) groups excluding carboxylic acids is 1. The molecule has 0 bridgehead atoms. The van der Waals surface area contributed by atoms with Gasteiger partial charge in [0.15, 0.2) is 6.10 Å². The predicted octanol–water partition coefficient (Wildman–Crippen LogP) is 6.56. The molecule has 1 aliphatic heterocycles. The fourth-order valence-corrected chi connectivity index (χ4v) is 5.28. The molecule has 2 heterocycles. The van der Waals surface area contributed by atoms with E-state index in [0.29, 0.717) is 55.0 Å². The minimum atomic E-state index is -1.28. The molecule has 1 aromatic heterocycles. The first kappa shape index (κ1) is 30.2. The summed E-state index contributed by atoms with van der Waals surface area (Å²) in [5.74, 6) is -1.30. The molecule has 1 fully saturated rings. The third-order valence-corrected chi connectivity index (χ3v) is 7.39. The lowest BCUT2D eigenvalue weighted by Gasteiger charge is -2.39. The Balaban J connectivity index is 1.77. The topological polar surface area (TPSA) is 91.8 Å². The number of carboxylic acid groups (broad SMARTS) is 1. The number of halogens is 1. The van der Waals surface area contributed by atoms with Crippen molar-refractivity contribution in [3.63, 3.8) is 0 Å². The lowest BCUT2D eigenvalue weighted by atomic mass is 9.90. The van der Waals surface area contributed by atoms with Crippen LogP contribution in [0.15, 0.2) is 54.6 Å². The van der Waals surface area contributed by atoms with E-state index in [1.807, 2.05) is 70.2 Å². The molecule has 0 saturated carbocycles. The van der Waals surface area contributed by atoms with Gasteiger partial charge in [-0.1, -0.05) is 42.5 Å². The van der Waals surface area contributed by atoms with Crippen molar-refractivity contribution < 1.29 is 23.8 Å². The van der Waals surface area contributed by atoms with Crippen LogP contribution in [0.25, 0.3) is 11.1 Å². The number of aromatic nitrogens is 1. The number of benzene rings is 2. The number of ether oxygens (including phenoxy) is 1. The number of nitrogens with zero attached hydrogens (tertiary/aromatic N) is 2. The first-order valence-electron chi connectivity index (χ1n) is 14.0. The number of hydrogen-bond acceptors (Lipinski definition) is 5. The fraction of sp³-hybridized carbons (Fsp3) is 0.424. The van der Waals surface area contributed by atoms with Gasteiger partial charge in [-0.15, -0.1) is 0 Å². The average Bonchev–Trinajstić information content (AvgIpc) is 2.90. The van der Waals surface area contributed by atoms with Crippen molar-refractivity contribution in [3.8, 4) is 11.1 Å². The molecule has 1 unspecified atom stereocenters. The van der Waals surface area contributed by atoms with Crippen LogP contribution >= 0.6 is 0 Å². The zero-order valence-electron chi connectivity index (χ0n) is 24.8. The summed E-state index contributed by atoms with van der Waals surface area (Å²) in [6.07, 6.45) is -0.617. The van der Waals surface area contributed by atoms with Crippen LogP contribution in [-0.2, 0) is 16.1 Å². The van der Waals surface area contributed by atoms with Crippen molar-refractivity contribution >= 4 is 17.6 Å². The number of nitrogens with one attached hydrogen (secondary N) is 1. The fourth-order valence-electron chi connectivity index (χ4n) is 5.28. The maximum absolute atomic E-state index is 14.8. The number of carboxylic acids is 1. The molecule has 8 heteroatoms. The maximum Gasteiger partial charge on any atom is 0.337 e. The molecule has 0 radical (unpaired) electrons. The van der Waals surface area contributed by atoms with Crippen molar-refractivity contribution in [1.29, 1.82) is 0 Å². The van der Waals surface area contributed by atoms with Gasteiger partial charge in [0.2, 0.25) is 0 Å². The van der Waals surface area contributed by atoms with Crippen molar-refractivity contribution in [2.24, 2.45) is 0 Å². The molecule has 41 heavy (non-hydrogen) atoms. The Kier molecular flexibility index (Phi) is 8.83. The number of carbonyl (C=O) groups is 2. The zero-order valence-corrected chi connectivity index (χ0v) is 24.8. The molecule has 1 saturated heterocycles. The third kappa shape index (κ3) is 7.30. The maximum atomic E-state index is 14.8. The van der Waals surface area contributed by atoms with Crippen molar-refractivity contribution in [2.75, 3.05) is 18.0 Å². The molecule has 1 aliphatic rings. The predicted molar refractivity (Wildman–Crippen MR) is 159 cm³/mol. The van der Waals surface area contributed by atoms with Gasteiger partial charge in [-0.05, 0) is 77.6 Å². The van der Waals surface area contributed by atoms with Gasteiger partial charge in [-0.2, -0.15) is 0 Å². The average molecular weight is 562 g/mol. The molecule has 1 amide bonds. The number of amides is 1. The van der Waals surface area contributed by atoms with Crippen LogP contribution in [0.5, 0.6) is 0 Å². The second kappa shape index (κ2) is 12.0. The third-order valence-electron chi connectivity index (χ3n) is 7.39. The van der Waals surface area contributed by atoms with E-state index in [1.54, 1.807) is 26.0 Å². The second-order valence-electron chi connectivity index (χ2n) is 12.0. The molecule has 0 aliphatic carbocycles. The molecule has 0 spiro atoms. The number of aliphatic carboxylic acids is 1. The molecule has 1 atom stereocenters. The molecule has 7 nitrogen and oxygen atoms in total. The smallest absolute Gasteiger partial charge is 0.337 e. The lowest BCUT2D eigenvalue weighted by molar-refractivity contribution is -0.160. The highest BCUT2D eigenvalue weighted by Crippen LogP contribution is 2.44. The minimum Gasteiger partial charge on any atom is -0.479 e. The Morgan fingerprint density at radius 1 is 1.05 bits per heavy atom. The summed E-state index contributed by atoms with van der Waals surface area (Å²) < 4.78 is 20.9. The van der Waals surface area contributed by atoms with Gasteiger partial charge in [-0.25, -0.2) is 9.18 Å². The molecular formula is C33H40FN3O4. The van der Waals surface area contributed by atoms with Gasteiger partial charge >= 0.3 is 5.97 Å². The van der Waals surface area contributed by atoms with Crippen LogP contribution in [0.1, 0.15) is 79.5 Å². The summed E-state index contributed by atoms with van der Waals surface area (Å²) >= 11 is 0. The Labute approximate surface area is 241 Å². The molecule has 2 aromatic carbocycles. The normalized spacial score (nSPS) is 15.8. The number of piperidine rings is 1. The monoisotopic (exact) mass is 561 g/mol. The Morgan fingerprint density at radius 3 is 2.22 bits per heavy atom. The Morgan fingerprint density at radius 2 is 1.66 bits per heavy atom. The quantitative estimate of drug-likeness (QED) is 0.323. The van der Waals surface area contributed by atoms with Crippen molar-refractivity contribution in [1.82, 2.24) is 10.3 Å². The molecule has 2 N–H and O–H groups in total. The number of anilines is 1. The van der Waals surface area contributed by atoms with Crippen LogP contribution in [0.3, 0.4) is 0 Å². The second-order valence-corrected chi connectivity index (χ2v) is 12.0. The summed E-state index contributed by atoms with van der Waals surface area (Å²) in [5, 5.41) is 13.3. The van der Waals surface area contributed by atoms with Crippen LogP contribution in [-0.4, -0.2) is 46.3 Å².